The third kappa shape index (κ3) is 6.34. The van der Waals surface area contributed by atoms with Gasteiger partial charge in [-0.3, -0.25) is 14.8 Å². The van der Waals surface area contributed by atoms with Crippen LogP contribution in [0.5, 0.6) is 0 Å². The van der Waals surface area contributed by atoms with Crippen LogP contribution >= 0.6 is 7.60 Å². The number of nitrogens with zero attached hydrogens (tertiary/aromatic N) is 1. The summed E-state index contributed by atoms with van der Waals surface area (Å²) in [5.74, 6) is -0.892. The predicted molar refractivity (Wildman–Crippen MR) is 34.0 cm³/mol. The molecule has 0 saturated heterocycles. The fourth-order valence-corrected chi connectivity index (χ4v) is 0.641. The Labute approximate surface area is 96.1 Å². The van der Waals surface area contributed by atoms with E-state index in [9.17, 15) is 19.0 Å². The van der Waals surface area contributed by atoms with Crippen molar-refractivity contribution >= 4 is 19.0 Å². The minimum Gasteiger partial charge on any atom is -0.773 e. The summed E-state index contributed by atoms with van der Waals surface area (Å²) in [6.45, 7) is -0.132. The molecule has 1 unspecified atom stereocenters. The van der Waals surface area contributed by atoms with Crippen LogP contribution in [0.1, 0.15) is 6.92 Å². The SMILES string of the molecule is CC(=O)N(O)CC(=O)P(=O)([O-])O.[Na+]. The normalized spacial score (nSPS) is 13.8. The quantitative estimate of drug-likeness (QED) is 0.213. The maximum Gasteiger partial charge on any atom is 1.00 e. The van der Waals surface area contributed by atoms with Crippen LogP contribution in [0.25, 0.3) is 0 Å². The Morgan fingerprint density at radius 1 is 1.54 bits per heavy atom. The first-order valence-electron chi connectivity index (χ1n) is 2.79. The number of hydrogen-bond donors (Lipinski definition) is 2. The zero-order valence-corrected chi connectivity index (χ0v) is 10.0. The molecule has 1 amide bonds. The molecule has 0 aromatic rings. The molecule has 0 saturated carbocycles. The van der Waals surface area contributed by atoms with Crippen molar-refractivity contribution in [2.45, 2.75) is 6.92 Å². The van der Waals surface area contributed by atoms with Gasteiger partial charge in [-0.1, -0.05) is 0 Å². The molecule has 0 aliphatic rings. The van der Waals surface area contributed by atoms with Gasteiger partial charge in [-0.25, -0.2) is 5.06 Å². The van der Waals surface area contributed by atoms with Crippen molar-refractivity contribution in [2.75, 3.05) is 6.54 Å². The maximum absolute atomic E-state index is 10.4. The molecule has 0 aromatic carbocycles. The number of rotatable bonds is 3. The summed E-state index contributed by atoms with van der Waals surface area (Å²) in [6.07, 6.45) is 0. The zero-order valence-electron chi connectivity index (χ0n) is 7.13. The van der Waals surface area contributed by atoms with Crippen LogP contribution in [0.2, 0.25) is 0 Å². The third-order valence-corrected chi connectivity index (χ3v) is 1.74. The van der Waals surface area contributed by atoms with Crippen LogP contribution in [0.4, 0.5) is 0 Å². The van der Waals surface area contributed by atoms with Gasteiger partial charge in [0.25, 0.3) is 0 Å². The molecule has 70 valence electrons. The Kier molecular flexibility index (Phi) is 7.10. The van der Waals surface area contributed by atoms with Crippen LogP contribution in [0, 0.1) is 0 Å². The van der Waals surface area contributed by atoms with E-state index >= 15 is 0 Å². The summed E-state index contributed by atoms with van der Waals surface area (Å²) in [6, 6.07) is 0. The molecule has 0 fully saturated rings. The Hall–Kier alpha value is 0.250. The zero-order chi connectivity index (χ0) is 9.94. The number of hydroxylamine groups is 2. The molecule has 0 bridgehead atoms. The second-order valence-corrected chi connectivity index (χ2v) is 3.53. The van der Waals surface area contributed by atoms with Crippen LogP contribution in [0.15, 0.2) is 0 Å². The van der Waals surface area contributed by atoms with Gasteiger partial charge < -0.3 is 14.4 Å². The number of amides is 1. The van der Waals surface area contributed by atoms with Crippen molar-refractivity contribution in [3.8, 4) is 0 Å². The van der Waals surface area contributed by atoms with Crippen LogP contribution in [0.3, 0.4) is 0 Å². The Morgan fingerprint density at radius 3 is 2.15 bits per heavy atom. The van der Waals surface area contributed by atoms with Crippen molar-refractivity contribution in [1.29, 1.82) is 0 Å². The van der Waals surface area contributed by atoms with Crippen LogP contribution in [-0.4, -0.2) is 33.1 Å². The molecule has 0 aliphatic carbocycles. The molecule has 9 heteroatoms. The van der Waals surface area contributed by atoms with E-state index in [4.69, 9.17) is 10.1 Å². The first-order chi connectivity index (χ1) is 5.25. The smallest absolute Gasteiger partial charge is 0.773 e. The van der Waals surface area contributed by atoms with E-state index in [2.05, 4.69) is 0 Å². The molecule has 2 N–H and O–H groups in total. The second-order valence-electron chi connectivity index (χ2n) is 1.99. The van der Waals surface area contributed by atoms with Crippen molar-refractivity contribution in [1.82, 2.24) is 5.06 Å². The Balaban J connectivity index is 0. The molecular weight excluding hydrogens is 212 g/mol. The van der Waals surface area contributed by atoms with E-state index in [1.54, 1.807) is 0 Å². The number of hydrogen-bond acceptors (Lipinski definition) is 5. The number of carbonyl (C=O) groups excluding carboxylic acids is 2. The van der Waals surface area contributed by atoms with E-state index in [1.165, 1.54) is 0 Å². The average molecular weight is 219 g/mol. The average Bonchev–Trinajstić information content (AvgIpc) is 1.85. The van der Waals surface area contributed by atoms with Gasteiger partial charge >= 0.3 is 29.6 Å². The largest absolute Gasteiger partial charge is 1.00 e. The molecule has 1 atom stereocenters. The summed E-state index contributed by atoms with van der Waals surface area (Å²) >= 11 is 0. The van der Waals surface area contributed by atoms with Gasteiger partial charge in [0.2, 0.25) is 11.4 Å². The molecule has 0 spiro atoms. The molecule has 7 nitrogen and oxygen atoms in total. The topological polar surface area (TPSA) is 118 Å². The summed E-state index contributed by atoms with van der Waals surface area (Å²) in [7, 11) is -5.09. The van der Waals surface area contributed by atoms with E-state index in [1.807, 2.05) is 0 Å². The molecule has 13 heavy (non-hydrogen) atoms. The van der Waals surface area contributed by atoms with Crippen molar-refractivity contribution in [3.05, 3.63) is 0 Å². The third-order valence-electron chi connectivity index (χ3n) is 0.964. The minimum atomic E-state index is -5.09. The summed E-state index contributed by atoms with van der Waals surface area (Å²) in [5, 5.41) is 8.44. The fraction of sp³-hybridized carbons (Fsp3) is 0.500. The standard InChI is InChI=1S/C4H8NO6P.Na/c1-3(6)5(8)2-4(7)12(9,10)11;/h8H,2H2,1H3,(H2,9,10,11);/q;+1/p-1. The van der Waals surface area contributed by atoms with E-state index in [0.717, 1.165) is 6.92 Å². The first-order valence-corrected chi connectivity index (χ1v) is 4.37. The molecular formula is C4H7NNaO6P. The number of carbonyl (C=O) groups is 2. The molecule has 0 aliphatic heterocycles. The van der Waals surface area contributed by atoms with Gasteiger partial charge in [0, 0.05) is 6.92 Å². The maximum atomic E-state index is 10.4. The van der Waals surface area contributed by atoms with Gasteiger partial charge in [-0.15, -0.1) is 0 Å². The van der Waals surface area contributed by atoms with Crippen molar-refractivity contribution in [2.24, 2.45) is 0 Å². The predicted octanol–water partition coefficient (Wildman–Crippen LogP) is -4.70. The molecule has 0 heterocycles. The van der Waals surface area contributed by atoms with Gasteiger partial charge in [0.15, 0.2) is 7.60 Å². The summed E-state index contributed by atoms with van der Waals surface area (Å²) in [5.41, 5.74) is -1.61. The van der Waals surface area contributed by atoms with E-state index in [-0.39, 0.29) is 34.6 Å². The van der Waals surface area contributed by atoms with Crippen LogP contribution in [-0.2, 0) is 14.2 Å². The molecule has 0 aromatic heterocycles. The van der Waals surface area contributed by atoms with Gasteiger partial charge in [-0.2, -0.15) is 0 Å². The Morgan fingerprint density at radius 2 is 1.92 bits per heavy atom. The molecule has 0 rings (SSSR count). The van der Waals surface area contributed by atoms with Crippen molar-refractivity contribution in [3.63, 3.8) is 0 Å². The van der Waals surface area contributed by atoms with Crippen LogP contribution < -0.4 is 34.5 Å². The second kappa shape index (κ2) is 5.87. The molecule has 0 radical (unpaired) electrons. The monoisotopic (exact) mass is 219 g/mol. The summed E-state index contributed by atoms with van der Waals surface area (Å²) < 4.78 is 10.1. The van der Waals surface area contributed by atoms with Gasteiger partial charge in [0.1, 0.15) is 6.54 Å². The van der Waals surface area contributed by atoms with Gasteiger partial charge in [-0.05, 0) is 0 Å². The van der Waals surface area contributed by atoms with E-state index in [0.29, 0.717) is 0 Å². The Bertz CT molecular complexity index is 249. The fourth-order valence-electron chi connectivity index (χ4n) is 0.329. The van der Waals surface area contributed by atoms with Gasteiger partial charge in [0.05, 0.1) is 0 Å². The minimum absolute atomic E-state index is 0. The van der Waals surface area contributed by atoms with E-state index < -0.39 is 25.6 Å². The summed E-state index contributed by atoms with van der Waals surface area (Å²) in [4.78, 5) is 38.8. The first kappa shape index (κ1) is 15.7. The van der Waals surface area contributed by atoms with Crippen molar-refractivity contribution < 1.29 is 58.7 Å².